The van der Waals surface area contributed by atoms with Crippen LogP contribution in [-0.2, 0) is 0 Å². The van der Waals surface area contributed by atoms with Crippen LogP contribution in [0.5, 0.6) is 0 Å². The molecule has 0 aromatic rings. The average molecular weight is 310 g/mol. The summed E-state index contributed by atoms with van der Waals surface area (Å²) in [5.41, 5.74) is 7.70. The molecule has 2 aliphatic rings. The zero-order valence-corrected chi connectivity index (χ0v) is 14.1. The molecule has 0 aromatic carbocycles. The van der Waals surface area contributed by atoms with Crippen molar-refractivity contribution in [3.8, 4) is 0 Å². The van der Waals surface area contributed by atoms with Crippen molar-refractivity contribution in [3.63, 3.8) is 0 Å². The van der Waals surface area contributed by atoms with Gasteiger partial charge in [0, 0.05) is 24.2 Å². The van der Waals surface area contributed by atoms with E-state index in [4.69, 9.17) is 17.3 Å². The van der Waals surface area contributed by atoms with Crippen LogP contribution in [0.3, 0.4) is 0 Å². The third-order valence-corrected chi connectivity index (χ3v) is 4.66. The lowest BCUT2D eigenvalue weighted by Crippen LogP contribution is -2.41. The van der Waals surface area contributed by atoms with Crippen molar-refractivity contribution < 1.29 is 0 Å². The highest BCUT2D eigenvalue weighted by molar-refractivity contribution is 6.30. The normalized spacial score (nSPS) is 25.6. The maximum absolute atomic E-state index is 6.49. The molecule has 0 radical (unpaired) electrons. The number of nitrogens with two attached hydrogens (primary N) is 1. The van der Waals surface area contributed by atoms with Gasteiger partial charge >= 0.3 is 0 Å². The molecule has 0 saturated heterocycles. The predicted octanol–water partition coefficient (Wildman–Crippen LogP) is 3.34. The number of rotatable bonds is 7. The Morgan fingerprint density at radius 1 is 1.57 bits per heavy atom. The summed E-state index contributed by atoms with van der Waals surface area (Å²) in [5.74, 6) is 0.614. The van der Waals surface area contributed by atoms with Crippen LogP contribution in [0.15, 0.2) is 35.2 Å². The second-order valence-corrected chi connectivity index (χ2v) is 6.76. The van der Waals surface area contributed by atoms with E-state index < -0.39 is 0 Å². The maximum atomic E-state index is 6.49. The van der Waals surface area contributed by atoms with Crippen LogP contribution < -0.4 is 11.1 Å². The van der Waals surface area contributed by atoms with Crippen LogP contribution in [0.1, 0.15) is 39.5 Å². The van der Waals surface area contributed by atoms with Crippen molar-refractivity contribution in [2.45, 2.75) is 57.7 Å². The lowest BCUT2D eigenvalue weighted by Gasteiger charge is -2.34. The van der Waals surface area contributed by atoms with E-state index in [0.717, 1.165) is 11.5 Å². The highest BCUT2D eigenvalue weighted by Crippen LogP contribution is 2.38. The van der Waals surface area contributed by atoms with E-state index in [2.05, 4.69) is 43.5 Å². The van der Waals surface area contributed by atoms with Gasteiger partial charge in [-0.25, -0.2) is 0 Å². The predicted molar refractivity (Wildman–Crippen MR) is 90.9 cm³/mol. The highest BCUT2D eigenvalue weighted by atomic mass is 35.5. The fraction of sp³-hybridized carbons (Fsp3) is 0.647. The van der Waals surface area contributed by atoms with Gasteiger partial charge in [-0.2, -0.15) is 0 Å². The standard InChI is InChI=1S/C17H28ClN3/c1-4-6-12(2)20-11-14(16(19)13-8-9-13)17-15(18)7-5-10-21(17)3/h5,7,10-13,16-17,20H,4,6,8-9,19H2,1-3H3/b14-11+. The summed E-state index contributed by atoms with van der Waals surface area (Å²) in [7, 11) is 2.06. The number of hydrogen-bond acceptors (Lipinski definition) is 3. The Morgan fingerprint density at radius 2 is 2.29 bits per heavy atom. The number of likely N-dealkylation sites (N-methyl/N-ethyl adjacent to an activating group) is 1. The molecule has 1 saturated carbocycles. The van der Waals surface area contributed by atoms with Crippen molar-refractivity contribution in [2.75, 3.05) is 7.05 Å². The molecule has 1 fully saturated rings. The average Bonchev–Trinajstić information content (AvgIpc) is 3.26. The van der Waals surface area contributed by atoms with Crippen molar-refractivity contribution in [1.82, 2.24) is 10.2 Å². The molecule has 2 rings (SSSR count). The lowest BCUT2D eigenvalue weighted by molar-refractivity contribution is 0.389. The summed E-state index contributed by atoms with van der Waals surface area (Å²) in [6.07, 6.45) is 12.9. The van der Waals surface area contributed by atoms with E-state index in [1.54, 1.807) is 0 Å². The molecule has 0 aromatic heterocycles. The zero-order valence-electron chi connectivity index (χ0n) is 13.3. The number of nitrogens with zero attached hydrogens (tertiary/aromatic N) is 1. The second kappa shape index (κ2) is 7.37. The Bertz CT molecular complexity index is 437. The van der Waals surface area contributed by atoms with Crippen molar-refractivity contribution >= 4 is 11.6 Å². The lowest BCUT2D eigenvalue weighted by atomic mass is 9.94. The molecule has 1 aliphatic heterocycles. The number of hydrogen-bond donors (Lipinski definition) is 2. The van der Waals surface area contributed by atoms with Crippen LogP contribution >= 0.6 is 11.6 Å². The fourth-order valence-electron chi connectivity index (χ4n) is 2.88. The first-order chi connectivity index (χ1) is 10.0. The van der Waals surface area contributed by atoms with E-state index >= 15 is 0 Å². The summed E-state index contributed by atoms with van der Waals surface area (Å²) in [5, 5.41) is 4.35. The molecule has 21 heavy (non-hydrogen) atoms. The van der Waals surface area contributed by atoms with E-state index in [9.17, 15) is 0 Å². The van der Waals surface area contributed by atoms with E-state index in [1.807, 2.05) is 12.2 Å². The minimum absolute atomic E-state index is 0.0635. The first-order valence-corrected chi connectivity index (χ1v) is 8.39. The molecular weight excluding hydrogens is 282 g/mol. The largest absolute Gasteiger partial charge is 0.388 e. The topological polar surface area (TPSA) is 41.3 Å². The van der Waals surface area contributed by atoms with E-state index in [1.165, 1.54) is 24.8 Å². The Morgan fingerprint density at radius 3 is 2.86 bits per heavy atom. The molecule has 118 valence electrons. The van der Waals surface area contributed by atoms with Crippen molar-refractivity contribution in [3.05, 3.63) is 35.2 Å². The second-order valence-electron chi connectivity index (χ2n) is 6.33. The molecule has 1 aliphatic carbocycles. The molecule has 1 heterocycles. The number of allylic oxidation sites excluding steroid dienone is 2. The van der Waals surface area contributed by atoms with Crippen LogP contribution in [0.25, 0.3) is 0 Å². The van der Waals surface area contributed by atoms with Gasteiger partial charge in [-0.15, -0.1) is 0 Å². The van der Waals surface area contributed by atoms with Crippen molar-refractivity contribution in [2.24, 2.45) is 11.7 Å². The molecule has 0 spiro atoms. The smallest absolute Gasteiger partial charge is 0.0885 e. The summed E-state index contributed by atoms with van der Waals surface area (Å²) < 4.78 is 0. The third-order valence-electron chi connectivity index (χ3n) is 4.33. The minimum Gasteiger partial charge on any atom is -0.388 e. The molecule has 3 unspecified atom stereocenters. The van der Waals surface area contributed by atoms with Gasteiger partial charge < -0.3 is 16.0 Å². The Balaban J connectivity index is 2.17. The van der Waals surface area contributed by atoms with Gasteiger partial charge in [0.2, 0.25) is 0 Å². The van der Waals surface area contributed by atoms with Crippen LogP contribution in [0.2, 0.25) is 0 Å². The Labute approximate surface area is 133 Å². The van der Waals surface area contributed by atoms with Gasteiger partial charge in [-0.1, -0.05) is 24.9 Å². The first-order valence-electron chi connectivity index (χ1n) is 8.02. The van der Waals surface area contributed by atoms with Gasteiger partial charge in [0.25, 0.3) is 0 Å². The SMILES string of the molecule is CCCC(C)N/C=C(\C(N)C1CC1)C1C(Cl)=CC=CN1C. The summed E-state index contributed by atoms with van der Waals surface area (Å²) in [6, 6.07) is 0.615. The van der Waals surface area contributed by atoms with E-state index in [0.29, 0.717) is 12.0 Å². The van der Waals surface area contributed by atoms with Gasteiger partial charge in [0.05, 0.1) is 6.04 Å². The number of halogens is 1. The minimum atomic E-state index is 0.0635. The number of nitrogens with one attached hydrogen (secondary N) is 1. The van der Waals surface area contributed by atoms with E-state index in [-0.39, 0.29) is 12.1 Å². The monoisotopic (exact) mass is 309 g/mol. The Kier molecular flexibility index (Phi) is 5.77. The van der Waals surface area contributed by atoms with Crippen LogP contribution in [0.4, 0.5) is 0 Å². The molecule has 3 N–H and O–H groups in total. The van der Waals surface area contributed by atoms with Gasteiger partial charge in [-0.05, 0) is 62.2 Å². The van der Waals surface area contributed by atoms with Crippen LogP contribution in [-0.4, -0.2) is 30.1 Å². The highest BCUT2D eigenvalue weighted by Gasteiger charge is 2.36. The fourth-order valence-corrected chi connectivity index (χ4v) is 3.23. The molecule has 3 atom stereocenters. The summed E-state index contributed by atoms with van der Waals surface area (Å²) in [6.45, 7) is 4.42. The molecule has 4 heteroatoms. The zero-order chi connectivity index (χ0) is 15.4. The molecular formula is C17H28ClN3. The summed E-state index contributed by atoms with van der Waals surface area (Å²) >= 11 is 6.46. The van der Waals surface area contributed by atoms with Crippen molar-refractivity contribution in [1.29, 1.82) is 0 Å². The first kappa shape index (κ1) is 16.4. The Hall–Kier alpha value is -0.930. The van der Waals surface area contributed by atoms with Gasteiger partial charge in [0.15, 0.2) is 0 Å². The molecule has 3 nitrogen and oxygen atoms in total. The molecule has 0 bridgehead atoms. The third kappa shape index (κ3) is 4.27. The van der Waals surface area contributed by atoms with Gasteiger partial charge in [-0.3, -0.25) is 0 Å². The molecule has 0 amide bonds. The quantitative estimate of drug-likeness (QED) is 0.758. The maximum Gasteiger partial charge on any atom is 0.0885 e. The van der Waals surface area contributed by atoms with Crippen LogP contribution in [0, 0.1) is 5.92 Å². The summed E-state index contributed by atoms with van der Waals surface area (Å²) in [4.78, 5) is 2.14. The van der Waals surface area contributed by atoms with Gasteiger partial charge in [0.1, 0.15) is 0 Å².